The predicted molar refractivity (Wildman–Crippen MR) is 65.0 cm³/mol. The second-order valence-corrected chi connectivity index (χ2v) is 3.78. The van der Waals surface area contributed by atoms with E-state index in [0.29, 0.717) is 0 Å². The Labute approximate surface area is 113 Å². The quantitative estimate of drug-likeness (QED) is 0.896. The molecule has 0 saturated heterocycles. The summed E-state index contributed by atoms with van der Waals surface area (Å²) in [6.45, 7) is -1.77. The highest BCUT2D eigenvalue weighted by atomic mass is 35.5. The van der Waals surface area contributed by atoms with Crippen molar-refractivity contribution in [3.8, 4) is 0 Å². The molecule has 1 aromatic rings. The van der Waals surface area contributed by atoms with Gasteiger partial charge in [-0.25, -0.2) is 13.2 Å². The summed E-state index contributed by atoms with van der Waals surface area (Å²) in [5.41, 5.74) is 4.71. The fourth-order valence-electron chi connectivity index (χ4n) is 1.02. The van der Waals surface area contributed by atoms with Crippen LogP contribution in [0.1, 0.15) is 10.4 Å². The fourth-order valence-corrected chi connectivity index (χ4v) is 1.14. The van der Waals surface area contributed by atoms with Gasteiger partial charge in [0.05, 0.1) is 18.1 Å². The molecule has 0 heterocycles. The van der Waals surface area contributed by atoms with Crippen molar-refractivity contribution in [1.82, 2.24) is 5.32 Å². The molecule has 0 aromatic heterocycles. The summed E-state index contributed by atoms with van der Waals surface area (Å²) in [6, 6.07) is 3.28. The van der Waals surface area contributed by atoms with E-state index >= 15 is 0 Å². The van der Waals surface area contributed by atoms with E-state index in [0.717, 1.165) is 6.07 Å². The zero-order valence-corrected chi connectivity index (χ0v) is 10.6. The molecule has 1 amide bonds. The highest BCUT2D eigenvalue weighted by Crippen LogP contribution is 2.16. The lowest BCUT2D eigenvalue weighted by Gasteiger charge is -2.14. The number of halogens is 5. The molecule has 0 fully saturated rings. The Morgan fingerprint density at radius 1 is 1.44 bits per heavy atom. The molecule has 0 radical (unpaired) electrons. The van der Waals surface area contributed by atoms with E-state index in [2.05, 4.69) is 0 Å². The minimum absolute atomic E-state index is 0. The first kappa shape index (κ1) is 17.0. The summed E-state index contributed by atoms with van der Waals surface area (Å²) >= 11 is 5.41. The van der Waals surface area contributed by atoms with Crippen molar-refractivity contribution >= 4 is 29.9 Å². The number of rotatable bonds is 4. The second kappa shape index (κ2) is 6.82. The predicted octanol–water partition coefficient (Wildman–Crippen LogP) is 2.22. The first-order valence-corrected chi connectivity index (χ1v) is 5.04. The van der Waals surface area contributed by atoms with Gasteiger partial charge in [-0.15, -0.1) is 12.4 Å². The number of benzene rings is 1. The van der Waals surface area contributed by atoms with Crippen LogP contribution in [0.2, 0.25) is 5.02 Å². The monoisotopic (exact) mass is 302 g/mol. The molecule has 0 aliphatic heterocycles. The largest absolute Gasteiger partial charge is 0.346 e. The molecule has 0 saturated carbocycles. The summed E-state index contributed by atoms with van der Waals surface area (Å²) in [6.07, 6.45) is 0. The zero-order chi connectivity index (χ0) is 13.1. The Bertz CT molecular complexity index is 430. The van der Waals surface area contributed by atoms with Crippen LogP contribution in [-0.2, 0) is 0 Å². The Morgan fingerprint density at radius 3 is 2.56 bits per heavy atom. The number of carbonyl (C=O) groups is 1. The molecule has 1 rings (SSSR count). The molecule has 0 spiro atoms. The maximum atomic E-state index is 13.0. The van der Waals surface area contributed by atoms with Gasteiger partial charge in [0.25, 0.3) is 11.8 Å². The van der Waals surface area contributed by atoms with Crippen LogP contribution in [-0.4, -0.2) is 24.9 Å². The Balaban J connectivity index is 0.00000289. The van der Waals surface area contributed by atoms with E-state index in [4.69, 9.17) is 17.3 Å². The van der Waals surface area contributed by atoms with Gasteiger partial charge in [0.2, 0.25) is 0 Å². The van der Waals surface area contributed by atoms with E-state index in [9.17, 15) is 18.0 Å². The van der Waals surface area contributed by atoms with Gasteiger partial charge in [0.1, 0.15) is 5.82 Å². The van der Waals surface area contributed by atoms with Gasteiger partial charge in [0, 0.05) is 5.56 Å². The van der Waals surface area contributed by atoms with E-state index in [1.807, 2.05) is 5.32 Å². The Morgan fingerprint density at radius 2 is 2.06 bits per heavy atom. The molecule has 1 aromatic carbocycles. The first-order valence-electron chi connectivity index (χ1n) is 4.67. The van der Waals surface area contributed by atoms with E-state index in [1.165, 1.54) is 12.1 Å². The normalized spacial score (nSPS) is 10.7. The van der Waals surface area contributed by atoms with Gasteiger partial charge in [-0.2, -0.15) is 0 Å². The van der Waals surface area contributed by atoms with Crippen LogP contribution in [0.3, 0.4) is 0 Å². The molecular weight excluding hydrogens is 292 g/mol. The Hall–Kier alpha value is -0.980. The molecule has 102 valence electrons. The average molecular weight is 303 g/mol. The fraction of sp³-hybridized carbons (Fsp3) is 0.300. The van der Waals surface area contributed by atoms with Crippen molar-refractivity contribution in [3.63, 3.8) is 0 Å². The van der Waals surface area contributed by atoms with Crippen molar-refractivity contribution in [1.29, 1.82) is 0 Å². The van der Waals surface area contributed by atoms with Gasteiger partial charge in [-0.1, -0.05) is 11.6 Å². The first-order chi connectivity index (χ1) is 7.85. The van der Waals surface area contributed by atoms with Crippen molar-refractivity contribution in [2.24, 2.45) is 5.73 Å². The highest BCUT2D eigenvalue weighted by Gasteiger charge is 2.27. The van der Waals surface area contributed by atoms with Crippen LogP contribution in [0, 0.1) is 5.82 Å². The summed E-state index contributed by atoms with van der Waals surface area (Å²) in [5.74, 6) is -4.78. The lowest BCUT2D eigenvalue weighted by atomic mass is 10.2. The molecule has 0 aliphatic rings. The number of hydrogen-bond donors (Lipinski definition) is 2. The van der Waals surface area contributed by atoms with Gasteiger partial charge >= 0.3 is 0 Å². The maximum Gasteiger partial charge on any atom is 0.277 e. The Kier molecular flexibility index (Phi) is 6.45. The van der Waals surface area contributed by atoms with Crippen LogP contribution in [0.4, 0.5) is 13.2 Å². The SMILES string of the molecule is Cl.NCC(F)(F)CNC(=O)c1ccc(Cl)c(F)c1. The highest BCUT2D eigenvalue weighted by molar-refractivity contribution is 6.30. The number of nitrogens with one attached hydrogen (secondary N) is 1. The van der Waals surface area contributed by atoms with Gasteiger partial charge in [0.15, 0.2) is 0 Å². The molecule has 18 heavy (non-hydrogen) atoms. The average Bonchev–Trinajstić information content (AvgIpc) is 2.30. The number of carbonyl (C=O) groups excluding carboxylic acids is 1. The third-order valence-electron chi connectivity index (χ3n) is 1.99. The summed E-state index contributed by atoms with van der Waals surface area (Å²) in [4.78, 5) is 11.4. The zero-order valence-electron chi connectivity index (χ0n) is 9.05. The van der Waals surface area contributed by atoms with Crippen LogP contribution < -0.4 is 11.1 Å². The van der Waals surface area contributed by atoms with Gasteiger partial charge in [-0.05, 0) is 18.2 Å². The second-order valence-electron chi connectivity index (χ2n) is 3.37. The molecule has 0 aliphatic carbocycles. The topological polar surface area (TPSA) is 55.1 Å². The maximum absolute atomic E-state index is 13.0. The summed E-state index contributed by atoms with van der Waals surface area (Å²) in [7, 11) is 0. The lowest BCUT2D eigenvalue weighted by Crippen LogP contribution is -2.41. The number of alkyl halides is 2. The molecule has 0 bridgehead atoms. The third-order valence-corrected chi connectivity index (χ3v) is 2.29. The molecule has 0 unspecified atom stereocenters. The van der Waals surface area contributed by atoms with Crippen molar-refractivity contribution in [2.75, 3.05) is 13.1 Å². The van der Waals surface area contributed by atoms with Crippen molar-refractivity contribution in [2.45, 2.75) is 5.92 Å². The molecule has 3 N–H and O–H groups in total. The van der Waals surface area contributed by atoms with Gasteiger partial charge in [-0.3, -0.25) is 4.79 Å². The molecule has 3 nitrogen and oxygen atoms in total. The van der Waals surface area contributed by atoms with Crippen LogP contribution in [0.5, 0.6) is 0 Å². The summed E-state index contributed by atoms with van der Waals surface area (Å²) in [5, 5.41) is 1.81. The van der Waals surface area contributed by atoms with E-state index in [-0.39, 0.29) is 23.0 Å². The van der Waals surface area contributed by atoms with Crippen LogP contribution in [0.15, 0.2) is 18.2 Å². The van der Waals surface area contributed by atoms with Crippen LogP contribution >= 0.6 is 24.0 Å². The van der Waals surface area contributed by atoms with E-state index < -0.39 is 30.7 Å². The number of hydrogen-bond acceptors (Lipinski definition) is 2. The van der Waals surface area contributed by atoms with Gasteiger partial charge < -0.3 is 11.1 Å². The number of nitrogens with two attached hydrogens (primary N) is 1. The number of amides is 1. The molecular formula is C10H11Cl2F3N2O. The van der Waals surface area contributed by atoms with Crippen LogP contribution in [0.25, 0.3) is 0 Å². The third kappa shape index (κ3) is 4.72. The molecule has 0 atom stereocenters. The standard InChI is InChI=1S/C10H10ClF3N2O.ClH/c11-7-2-1-6(3-8(7)12)9(17)16-5-10(13,14)4-15;/h1-3H,4-5,15H2,(H,16,17);1H. The minimum Gasteiger partial charge on any atom is -0.346 e. The molecule has 8 heteroatoms. The smallest absolute Gasteiger partial charge is 0.277 e. The van der Waals surface area contributed by atoms with Crippen molar-refractivity contribution in [3.05, 3.63) is 34.6 Å². The van der Waals surface area contributed by atoms with Crippen molar-refractivity contribution < 1.29 is 18.0 Å². The minimum atomic E-state index is -3.18. The lowest BCUT2D eigenvalue weighted by molar-refractivity contribution is 0.0118. The van der Waals surface area contributed by atoms with E-state index in [1.54, 1.807) is 0 Å². The summed E-state index contributed by atoms with van der Waals surface area (Å²) < 4.78 is 38.5.